The smallest absolute Gasteiger partial charge is 0.323 e. The summed E-state index contributed by atoms with van der Waals surface area (Å²) < 4.78 is 5.26. The van der Waals surface area contributed by atoms with Crippen molar-refractivity contribution < 1.29 is 19.1 Å². The van der Waals surface area contributed by atoms with Gasteiger partial charge >= 0.3 is 12.0 Å². The molecule has 0 fully saturated rings. The van der Waals surface area contributed by atoms with Crippen molar-refractivity contribution in [2.45, 2.75) is 38.8 Å². The summed E-state index contributed by atoms with van der Waals surface area (Å²) >= 11 is 1.21. The van der Waals surface area contributed by atoms with E-state index < -0.39 is 29.6 Å². The fourth-order valence-electron chi connectivity index (χ4n) is 2.50. The molecule has 0 aliphatic rings. The molecule has 0 aliphatic carbocycles. The maximum Gasteiger partial charge on any atom is 0.323 e. The number of nitrogens with two attached hydrogens (primary N) is 3. The van der Waals surface area contributed by atoms with E-state index in [9.17, 15) is 14.4 Å². The van der Waals surface area contributed by atoms with Crippen LogP contribution in [0.2, 0.25) is 0 Å². The summed E-state index contributed by atoms with van der Waals surface area (Å²) in [4.78, 5) is 35.4. The van der Waals surface area contributed by atoms with Gasteiger partial charge in [-0.3, -0.25) is 14.9 Å². The van der Waals surface area contributed by atoms with Gasteiger partial charge in [0.05, 0.1) is 5.56 Å². The number of esters is 1. The van der Waals surface area contributed by atoms with E-state index in [1.54, 1.807) is 26.8 Å². The van der Waals surface area contributed by atoms with Gasteiger partial charge < -0.3 is 21.9 Å². The van der Waals surface area contributed by atoms with E-state index in [1.165, 1.54) is 11.3 Å². The summed E-state index contributed by atoms with van der Waals surface area (Å²) in [6.07, 6.45) is 4.03. The van der Waals surface area contributed by atoms with Crippen molar-refractivity contribution in [3.05, 3.63) is 47.5 Å². The van der Waals surface area contributed by atoms with Crippen LogP contribution in [0.25, 0.3) is 16.5 Å². The fraction of sp³-hybridized carbons (Fsp3) is 0.286. The number of anilines is 1. The minimum atomic E-state index is -0.768. The lowest BCUT2D eigenvalue weighted by atomic mass is 10.1. The molecule has 1 aromatic carbocycles. The number of thiophene rings is 1. The van der Waals surface area contributed by atoms with Gasteiger partial charge in [-0.05, 0) is 44.4 Å². The van der Waals surface area contributed by atoms with E-state index in [-0.39, 0.29) is 5.56 Å². The quantitative estimate of drug-likeness (QED) is 0.498. The Labute approximate surface area is 179 Å². The first-order valence-electron chi connectivity index (χ1n) is 9.22. The third-order valence-electron chi connectivity index (χ3n) is 3.84. The Morgan fingerprint density at radius 2 is 1.80 bits per heavy atom. The highest BCUT2D eigenvalue weighted by Crippen LogP contribution is 2.35. The van der Waals surface area contributed by atoms with Crippen molar-refractivity contribution in [3.8, 4) is 10.4 Å². The van der Waals surface area contributed by atoms with Crippen LogP contribution >= 0.6 is 11.3 Å². The minimum absolute atomic E-state index is 0.203. The molecule has 0 radical (unpaired) electrons. The SMILES string of the molecule is CC(C)(C)OC(=O)[C@@H](N)CC=Cc1ccc(-c2cc(C(N)=O)c(NC(N)=O)s2)cc1. The van der Waals surface area contributed by atoms with Crippen molar-refractivity contribution >= 4 is 40.3 Å². The van der Waals surface area contributed by atoms with E-state index in [0.29, 0.717) is 11.4 Å². The highest BCUT2D eigenvalue weighted by atomic mass is 32.1. The second-order valence-electron chi connectivity index (χ2n) is 7.61. The third kappa shape index (κ3) is 6.71. The average molecular weight is 431 g/mol. The van der Waals surface area contributed by atoms with Gasteiger partial charge in [0.25, 0.3) is 5.91 Å². The summed E-state index contributed by atoms with van der Waals surface area (Å²) in [6.45, 7) is 5.38. The van der Waals surface area contributed by atoms with Crippen molar-refractivity contribution in [2.75, 3.05) is 5.32 Å². The van der Waals surface area contributed by atoms with E-state index in [0.717, 1.165) is 16.0 Å². The summed E-state index contributed by atoms with van der Waals surface area (Å²) in [5.74, 6) is -1.09. The molecule has 30 heavy (non-hydrogen) atoms. The first-order chi connectivity index (χ1) is 14.0. The Morgan fingerprint density at radius 3 is 2.33 bits per heavy atom. The maximum atomic E-state index is 11.9. The van der Waals surface area contributed by atoms with Crippen LogP contribution in [0.1, 0.15) is 43.1 Å². The summed E-state index contributed by atoms with van der Waals surface area (Å²) in [5.41, 5.74) is 17.8. The predicted molar refractivity (Wildman–Crippen MR) is 119 cm³/mol. The van der Waals surface area contributed by atoms with Crippen molar-refractivity contribution in [1.29, 1.82) is 0 Å². The number of urea groups is 1. The van der Waals surface area contributed by atoms with Crippen LogP contribution in [0.4, 0.5) is 9.80 Å². The number of hydrogen-bond donors (Lipinski definition) is 4. The van der Waals surface area contributed by atoms with Gasteiger partial charge in [-0.2, -0.15) is 0 Å². The maximum absolute atomic E-state index is 11.9. The van der Waals surface area contributed by atoms with Crippen LogP contribution < -0.4 is 22.5 Å². The lowest BCUT2D eigenvalue weighted by Gasteiger charge is -2.21. The molecule has 8 nitrogen and oxygen atoms in total. The number of rotatable bonds is 7. The second-order valence-corrected chi connectivity index (χ2v) is 8.66. The van der Waals surface area contributed by atoms with Gasteiger partial charge in [-0.15, -0.1) is 11.3 Å². The predicted octanol–water partition coefficient (Wildman–Crippen LogP) is 3.08. The topological polar surface area (TPSA) is 151 Å². The molecule has 9 heteroatoms. The molecule has 0 unspecified atom stereocenters. The molecule has 160 valence electrons. The lowest BCUT2D eigenvalue weighted by molar-refractivity contribution is -0.156. The number of amides is 3. The van der Waals surface area contributed by atoms with Crippen LogP contribution in [0.5, 0.6) is 0 Å². The molecule has 0 saturated heterocycles. The molecule has 1 heterocycles. The van der Waals surface area contributed by atoms with E-state index in [2.05, 4.69) is 5.32 Å². The van der Waals surface area contributed by atoms with Gasteiger partial charge in [-0.25, -0.2) is 4.79 Å². The van der Waals surface area contributed by atoms with Crippen LogP contribution in [0.3, 0.4) is 0 Å². The van der Waals surface area contributed by atoms with Crippen molar-refractivity contribution in [2.24, 2.45) is 17.2 Å². The highest BCUT2D eigenvalue weighted by molar-refractivity contribution is 7.20. The number of ether oxygens (including phenoxy) is 1. The zero-order valence-corrected chi connectivity index (χ0v) is 17.9. The van der Waals surface area contributed by atoms with Gasteiger partial charge in [0.2, 0.25) is 0 Å². The van der Waals surface area contributed by atoms with Gasteiger partial charge in [-0.1, -0.05) is 36.4 Å². The molecule has 0 saturated carbocycles. The molecule has 1 aromatic heterocycles. The Kier molecular flexibility index (Phi) is 7.36. The molecule has 2 aromatic rings. The van der Waals surface area contributed by atoms with E-state index in [1.807, 2.05) is 36.4 Å². The number of primary amides is 2. The van der Waals surface area contributed by atoms with Crippen LogP contribution in [0, 0.1) is 0 Å². The standard InChI is InChI=1S/C21H26N4O4S/c1-21(2,3)29-19(27)15(22)6-4-5-12-7-9-13(10-8-12)16-11-14(17(23)26)18(30-16)25-20(24)28/h4-5,7-11,15H,6,22H2,1-3H3,(H2,23,26)(H3,24,25,28)/t15-/m0/s1. The van der Waals surface area contributed by atoms with Crippen molar-refractivity contribution in [1.82, 2.24) is 0 Å². The molecular formula is C21H26N4O4S. The van der Waals surface area contributed by atoms with E-state index in [4.69, 9.17) is 21.9 Å². The van der Waals surface area contributed by atoms with Crippen LogP contribution in [-0.2, 0) is 9.53 Å². The highest BCUT2D eigenvalue weighted by Gasteiger charge is 2.21. The molecule has 1 atom stereocenters. The summed E-state index contributed by atoms with van der Waals surface area (Å²) in [6, 6.07) is 7.63. The Morgan fingerprint density at radius 1 is 1.17 bits per heavy atom. The zero-order chi connectivity index (χ0) is 22.5. The first kappa shape index (κ1) is 23.1. The molecule has 7 N–H and O–H groups in total. The molecule has 0 bridgehead atoms. The monoisotopic (exact) mass is 430 g/mol. The van der Waals surface area contributed by atoms with E-state index >= 15 is 0 Å². The average Bonchev–Trinajstić information content (AvgIpc) is 3.04. The summed E-state index contributed by atoms with van der Waals surface area (Å²) in [7, 11) is 0. The number of nitrogens with one attached hydrogen (secondary N) is 1. The van der Waals surface area contributed by atoms with Gasteiger partial charge in [0.1, 0.15) is 16.6 Å². The van der Waals surface area contributed by atoms with Crippen LogP contribution in [0.15, 0.2) is 36.4 Å². The second kappa shape index (κ2) is 9.55. The molecule has 0 aliphatic heterocycles. The van der Waals surface area contributed by atoms with Crippen LogP contribution in [-0.4, -0.2) is 29.6 Å². The van der Waals surface area contributed by atoms with Gasteiger partial charge in [0.15, 0.2) is 0 Å². The Bertz CT molecular complexity index is 958. The fourth-order valence-corrected chi connectivity index (χ4v) is 3.58. The third-order valence-corrected chi connectivity index (χ3v) is 4.94. The Balaban J connectivity index is 2.06. The first-order valence-corrected chi connectivity index (χ1v) is 10.0. The van der Waals surface area contributed by atoms with Gasteiger partial charge in [0, 0.05) is 4.88 Å². The molecule has 0 spiro atoms. The minimum Gasteiger partial charge on any atom is -0.459 e. The number of carbonyl (C=O) groups is 3. The molecular weight excluding hydrogens is 404 g/mol. The summed E-state index contributed by atoms with van der Waals surface area (Å²) in [5, 5.41) is 2.72. The number of benzene rings is 1. The molecule has 2 rings (SSSR count). The molecule has 3 amide bonds. The normalized spacial score (nSPS) is 12.5. The Hall–Kier alpha value is -3.17. The number of hydrogen-bond acceptors (Lipinski definition) is 6. The lowest BCUT2D eigenvalue weighted by Crippen LogP contribution is -2.36. The zero-order valence-electron chi connectivity index (χ0n) is 17.1. The van der Waals surface area contributed by atoms with Crippen molar-refractivity contribution in [3.63, 3.8) is 0 Å². The largest absolute Gasteiger partial charge is 0.459 e. The number of carbonyl (C=O) groups excluding carboxylic acids is 3.